The van der Waals surface area contributed by atoms with Crippen LogP contribution in [-0.4, -0.2) is 27.2 Å². The van der Waals surface area contributed by atoms with Crippen LogP contribution < -0.4 is 10.8 Å². The summed E-state index contributed by atoms with van der Waals surface area (Å²) >= 11 is -3.11. The largest absolute Gasteiger partial charge is 0.548 e. The Morgan fingerprint density at radius 1 is 1.46 bits per heavy atom. The van der Waals surface area contributed by atoms with E-state index in [1.165, 1.54) is 5.38 Å². The van der Waals surface area contributed by atoms with Crippen LogP contribution in [0.3, 0.4) is 0 Å². The van der Waals surface area contributed by atoms with Crippen molar-refractivity contribution in [1.29, 1.82) is 0 Å². The van der Waals surface area contributed by atoms with E-state index in [1.54, 1.807) is 0 Å². The molecule has 0 aliphatic carbocycles. The van der Waals surface area contributed by atoms with Gasteiger partial charge in [0.15, 0.2) is 21.1 Å². The van der Waals surface area contributed by atoms with Crippen LogP contribution in [-0.2, 0) is 11.1 Å². The second kappa shape index (κ2) is 8.17. The Morgan fingerprint density at radius 2 is 2.18 bits per heavy atom. The van der Waals surface area contributed by atoms with Gasteiger partial charge in [0, 0.05) is 9.75 Å². The molecule has 28 heavy (non-hydrogen) atoms. The lowest BCUT2D eigenvalue weighted by Crippen LogP contribution is -2.14. The topological polar surface area (TPSA) is 147 Å². The Kier molecular flexibility index (Phi) is 6.05. The summed E-state index contributed by atoms with van der Waals surface area (Å²) in [5, 5.41) is 14.4. The number of nitrogens with one attached hydrogen (secondary N) is 2. The maximum Gasteiger partial charge on any atom is 0.236 e. The van der Waals surface area contributed by atoms with Crippen molar-refractivity contribution in [3.8, 4) is 5.75 Å². The molecule has 9 nitrogen and oxygen atoms in total. The molecule has 2 unspecified atom stereocenters. The molecule has 3 heterocycles. The molecule has 0 radical (unpaired) electrons. The second-order valence-corrected chi connectivity index (χ2v) is 9.43. The van der Waals surface area contributed by atoms with Crippen molar-refractivity contribution < 1.29 is 22.8 Å². The third kappa shape index (κ3) is 4.20. The highest BCUT2D eigenvalue weighted by Crippen LogP contribution is 2.37. The molecule has 12 heteroatoms. The third-order valence-corrected chi connectivity index (χ3v) is 6.81. The number of nitrogens with zero attached hydrogens (tertiary/aromatic N) is 2. The lowest BCUT2D eigenvalue weighted by molar-refractivity contribution is 0.387. The fraction of sp³-hybridized carbons (Fsp3) is 0.375. The zero-order chi connectivity index (χ0) is 20.6. The molecule has 3 aromatic heterocycles. The van der Waals surface area contributed by atoms with E-state index in [-0.39, 0.29) is 38.9 Å². The third-order valence-electron chi connectivity index (χ3n) is 4.10. The molecule has 0 saturated heterocycles. The van der Waals surface area contributed by atoms with E-state index in [2.05, 4.69) is 19.1 Å². The molecule has 0 aliphatic heterocycles. The lowest BCUT2D eigenvalue weighted by Gasteiger charge is -2.13. The summed E-state index contributed by atoms with van der Waals surface area (Å²) in [6, 6.07) is 1.59. The molecule has 3 atom stereocenters. The molecule has 0 aromatic carbocycles. The minimum absolute atomic E-state index is 0.0877. The van der Waals surface area contributed by atoms with E-state index in [4.69, 9.17) is 4.42 Å². The van der Waals surface area contributed by atoms with Crippen LogP contribution in [0, 0.1) is 19.8 Å². The molecule has 4 N–H and O–H groups in total. The van der Waals surface area contributed by atoms with Gasteiger partial charge in [0.1, 0.15) is 17.6 Å². The van der Waals surface area contributed by atoms with Crippen LogP contribution in [0.15, 0.2) is 25.1 Å². The van der Waals surface area contributed by atoms with Gasteiger partial charge in [-0.25, -0.2) is 9.20 Å². The Hall–Kier alpha value is -1.99. The van der Waals surface area contributed by atoms with Crippen molar-refractivity contribution in [3.63, 3.8) is 0 Å². The molecule has 152 valence electrons. The summed E-state index contributed by atoms with van der Waals surface area (Å²) in [5.41, 5.74) is 1.45. The Morgan fingerprint density at radius 3 is 2.71 bits per heavy atom. The van der Waals surface area contributed by atoms with E-state index >= 15 is 0 Å². The molecule has 3 aromatic rings. The van der Waals surface area contributed by atoms with Gasteiger partial charge >= 0.3 is 0 Å². The minimum Gasteiger partial charge on any atom is -0.548 e. The number of anilines is 2. The van der Waals surface area contributed by atoms with Crippen molar-refractivity contribution in [2.24, 2.45) is 10.9 Å². The van der Waals surface area contributed by atoms with E-state index in [1.807, 2.05) is 33.8 Å². The normalized spacial score (nSPS) is 15.2. The van der Waals surface area contributed by atoms with E-state index in [9.17, 15) is 18.4 Å². The Bertz CT molecular complexity index is 1060. The van der Waals surface area contributed by atoms with E-state index in [0.29, 0.717) is 5.76 Å². The maximum absolute atomic E-state index is 11.9. The first-order valence-corrected chi connectivity index (χ1v) is 11.4. The van der Waals surface area contributed by atoms with Gasteiger partial charge in [-0.3, -0.25) is 0 Å². The average Bonchev–Trinajstić information content (AvgIpc) is 3.24. The monoisotopic (exact) mass is 444 g/mol. The van der Waals surface area contributed by atoms with Gasteiger partial charge in [0.05, 0.1) is 5.69 Å². The van der Waals surface area contributed by atoms with Crippen LogP contribution >= 0.6 is 22.5 Å². The first-order chi connectivity index (χ1) is 13.2. The lowest BCUT2D eigenvalue weighted by atomic mass is 10.0. The number of aryl methyl sites for hydroxylation is 2. The van der Waals surface area contributed by atoms with Crippen LogP contribution in [0.4, 0.5) is 11.5 Å². The van der Waals surface area contributed by atoms with Crippen molar-refractivity contribution >= 4 is 45.1 Å². The van der Waals surface area contributed by atoms with Crippen molar-refractivity contribution in [1.82, 2.24) is 8.75 Å². The first-order valence-electron chi connectivity index (χ1n) is 8.28. The Labute approximate surface area is 170 Å². The summed E-state index contributed by atoms with van der Waals surface area (Å²) < 4.78 is 44.6. The fourth-order valence-electron chi connectivity index (χ4n) is 2.55. The van der Waals surface area contributed by atoms with Crippen molar-refractivity contribution in [3.05, 3.63) is 34.0 Å². The zero-order valence-electron chi connectivity index (χ0n) is 15.5. The van der Waals surface area contributed by atoms with E-state index < -0.39 is 22.2 Å². The average molecular weight is 445 g/mol. The number of thiophene rings is 1. The molecule has 0 fully saturated rings. The molecule has 0 amide bonds. The highest BCUT2D eigenvalue weighted by atomic mass is 32.2. The number of hydrogen-bond donors (Lipinski definition) is 4. The fourth-order valence-corrected chi connectivity index (χ4v) is 4.58. The predicted octanol–water partition coefficient (Wildman–Crippen LogP) is 3.74. The summed E-state index contributed by atoms with van der Waals surface area (Å²) in [7, 11) is 0. The number of furan rings is 1. The predicted molar refractivity (Wildman–Crippen MR) is 107 cm³/mol. The Balaban J connectivity index is 2.01. The van der Waals surface area contributed by atoms with Crippen molar-refractivity contribution in [2.45, 2.75) is 37.9 Å². The molecule has 0 aliphatic rings. The number of hydrogen-bond acceptors (Lipinski definition) is 8. The molecule has 3 rings (SSSR count). The molecular formula is C16H20N4O5S3. The van der Waals surface area contributed by atoms with Gasteiger partial charge in [0.25, 0.3) is 0 Å². The van der Waals surface area contributed by atoms with Gasteiger partial charge in [-0.05, 0) is 31.4 Å². The maximum atomic E-state index is 11.9. The molecule has 0 saturated carbocycles. The van der Waals surface area contributed by atoms with Gasteiger partial charge < -0.3 is 23.9 Å². The summed E-state index contributed by atoms with van der Waals surface area (Å²) in [5.74, 6) is 1.39. The number of H-pyrrole nitrogens is 1. The smallest absolute Gasteiger partial charge is 0.236 e. The van der Waals surface area contributed by atoms with Gasteiger partial charge in [-0.1, -0.05) is 13.8 Å². The number of aromatic nitrogens is 2. The molecular weight excluding hydrogens is 424 g/mol. The highest BCUT2D eigenvalue weighted by Gasteiger charge is 2.22. The SMILES string of the molecule is Cc1cc([C@H](N=c2[nH][s+]([O-])nc2Nc2csc(S(=O)O)c2O)C(C)C)oc1C. The van der Waals surface area contributed by atoms with Crippen LogP contribution in [0.1, 0.15) is 37.0 Å². The second-order valence-electron chi connectivity index (χ2n) is 6.51. The summed E-state index contributed by atoms with van der Waals surface area (Å²) in [6.45, 7) is 7.81. The van der Waals surface area contributed by atoms with Crippen LogP contribution in [0.2, 0.25) is 0 Å². The minimum atomic E-state index is -2.31. The summed E-state index contributed by atoms with van der Waals surface area (Å²) in [6.07, 6.45) is 0. The number of aromatic amines is 1. The highest BCUT2D eigenvalue weighted by molar-refractivity contribution is 7.82. The molecule has 0 spiro atoms. The van der Waals surface area contributed by atoms with Gasteiger partial charge in [-0.2, -0.15) is 0 Å². The van der Waals surface area contributed by atoms with Gasteiger partial charge in [0.2, 0.25) is 22.4 Å². The van der Waals surface area contributed by atoms with Crippen LogP contribution in [0.25, 0.3) is 0 Å². The van der Waals surface area contributed by atoms with Gasteiger partial charge in [-0.15, -0.1) is 15.7 Å². The van der Waals surface area contributed by atoms with Crippen LogP contribution in [0.5, 0.6) is 5.75 Å². The number of aromatic hydroxyl groups is 1. The first kappa shape index (κ1) is 20.7. The van der Waals surface area contributed by atoms with E-state index in [0.717, 1.165) is 22.7 Å². The standard InChI is InChI=1S/C16H20N4O5S3/c1-7(2)12(11-5-8(3)9(4)25-11)18-15-14(19-28(24)20-15)17-10-6-26-16(13(10)21)27(22)23/h5-7,12,21H,1-4H3,(H,17,19)(H,18,20)(H,22,23)/t12-,28?/m1/s1. The molecule has 0 bridgehead atoms. The zero-order valence-corrected chi connectivity index (χ0v) is 18.0. The van der Waals surface area contributed by atoms with Crippen molar-refractivity contribution in [2.75, 3.05) is 5.32 Å². The number of rotatable bonds is 6. The summed E-state index contributed by atoms with van der Waals surface area (Å²) in [4.78, 5) is 4.64. The quantitative estimate of drug-likeness (QED) is 0.334.